The molecule has 90 valence electrons. The van der Waals surface area contributed by atoms with Gasteiger partial charge >= 0.3 is 0 Å². The van der Waals surface area contributed by atoms with Crippen LogP contribution >= 0.6 is 46.1 Å². The predicted octanol–water partition coefficient (Wildman–Crippen LogP) is 5.89. The van der Waals surface area contributed by atoms with Crippen LogP contribution in [0.25, 0.3) is 0 Å². The minimum Gasteiger partial charge on any atom is -0.127 e. The number of thiophene rings is 1. The highest BCUT2D eigenvalue weighted by Gasteiger charge is 2.14. The molecule has 1 aromatic heterocycles. The van der Waals surface area contributed by atoms with Gasteiger partial charge in [-0.1, -0.05) is 41.4 Å². The van der Waals surface area contributed by atoms with Gasteiger partial charge in [-0.3, -0.25) is 0 Å². The summed E-state index contributed by atoms with van der Waals surface area (Å²) in [5.74, 6) is 0. The Morgan fingerprint density at radius 3 is 2.53 bits per heavy atom. The topological polar surface area (TPSA) is 0 Å². The lowest BCUT2D eigenvalue weighted by Crippen LogP contribution is -1.94. The van der Waals surface area contributed by atoms with Gasteiger partial charge in [0.1, 0.15) is 0 Å². The number of benzene rings is 1. The lowest BCUT2D eigenvalue weighted by atomic mass is 10.1. The summed E-state index contributed by atoms with van der Waals surface area (Å²) in [5.41, 5.74) is 2.15. The minimum absolute atomic E-state index is 0.0777. The first-order valence-electron chi connectivity index (χ1n) is 5.21. The highest BCUT2D eigenvalue weighted by molar-refractivity contribution is 7.16. The number of alkyl halides is 1. The van der Waals surface area contributed by atoms with E-state index >= 15 is 0 Å². The molecule has 0 N–H and O–H groups in total. The first kappa shape index (κ1) is 13.2. The monoisotopic (exact) mass is 304 g/mol. The van der Waals surface area contributed by atoms with Crippen molar-refractivity contribution in [3.63, 3.8) is 0 Å². The van der Waals surface area contributed by atoms with Gasteiger partial charge in [0.15, 0.2) is 0 Å². The molecular formula is C13H11Cl3S. The van der Waals surface area contributed by atoms with E-state index in [1.807, 2.05) is 37.3 Å². The number of rotatable bonds is 3. The number of hydrogen-bond acceptors (Lipinski definition) is 1. The van der Waals surface area contributed by atoms with Crippen molar-refractivity contribution in [2.45, 2.75) is 18.7 Å². The van der Waals surface area contributed by atoms with Gasteiger partial charge < -0.3 is 0 Å². The van der Waals surface area contributed by atoms with E-state index in [0.29, 0.717) is 0 Å². The minimum atomic E-state index is -0.0777. The van der Waals surface area contributed by atoms with E-state index in [2.05, 4.69) is 0 Å². The van der Waals surface area contributed by atoms with E-state index in [9.17, 15) is 0 Å². The molecule has 1 aromatic carbocycles. The highest BCUT2D eigenvalue weighted by Crippen LogP contribution is 2.36. The quantitative estimate of drug-likeness (QED) is 0.621. The molecule has 0 amide bonds. The molecule has 2 rings (SSSR count). The SMILES string of the molecule is Cc1cc(C(Cl)Cc2ccccc2Cl)sc1Cl. The van der Waals surface area contributed by atoms with Crippen molar-refractivity contribution in [2.75, 3.05) is 0 Å². The Morgan fingerprint density at radius 2 is 1.94 bits per heavy atom. The molecule has 1 heterocycles. The standard InChI is InChI=1S/C13H11Cl3S/c1-8-6-12(17-13(8)16)11(15)7-9-4-2-3-5-10(9)14/h2-6,11H,7H2,1H3. The first-order chi connectivity index (χ1) is 8.08. The average Bonchev–Trinajstić information content (AvgIpc) is 2.63. The summed E-state index contributed by atoms with van der Waals surface area (Å²) in [6.07, 6.45) is 0.720. The third-order valence-electron chi connectivity index (χ3n) is 2.54. The molecule has 0 fully saturated rings. The van der Waals surface area contributed by atoms with Crippen LogP contribution in [0, 0.1) is 6.92 Å². The van der Waals surface area contributed by atoms with Crippen LogP contribution in [-0.2, 0) is 6.42 Å². The summed E-state index contributed by atoms with van der Waals surface area (Å²) >= 11 is 20.1. The van der Waals surface area contributed by atoms with E-state index in [-0.39, 0.29) is 5.38 Å². The summed E-state index contributed by atoms with van der Waals surface area (Å²) in [6.45, 7) is 1.99. The normalized spacial score (nSPS) is 12.7. The maximum absolute atomic E-state index is 6.39. The van der Waals surface area contributed by atoms with Crippen LogP contribution in [0.4, 0.5) is 0 Å². The molecule has 2 aromatic rings. The molecule has 0 aliphatic rings. The first-order valence-corrected chi connectivity index (χ1v) is 7.22. The van der Waals surface area contributed by atoms with Crippen LogP contribution in [-0.4, -0.2) is 0 Å². The van der Waals surface area contributed by atoms with E-state index in [4.69, 9.17) is 34.8 Å². The zero-order valence-electron chi connectivity index (χ0n) is 9.21. The molecule has 4 heteroatoms. The molecule has 0 saturated heterocycles. The fraction of sp³-hybridized carbons (Fsp3) is 0.231. The van der Waals surface area contributed by atoms with Crippen LogP contribution in [0.2, 0.25) is 9.36 Å². The second-order valence-electron chi connectivity index (χ2n) is 3.87. The Kier molecular flexibility index (Phi) is 4.37. The third kappa shape index (κ3) is 3.17. The predicted molar refractivity (Wildman–Crippen MR) is 77.8 cm³/mol. The van der Waals surface area contributed by atoms with Crippen molar-refractivity contribution in [3.05, 3.63) is 55.7 Å². The maximum atomic E-state index is 6.39. The second kappa shape index (κ2) is 5.62. The van der Waals surface area contributed by atoms with Crippen LogP contribution in [0.3, 0.4) is 0 Å². The van der Waals surface area contributed by atoms with Crippen molar-refractivity contribution >= 4 is 46.1 Å². The van der Waals surface area contributed by atoms with Gasteiger partial charge in [0, 0.05) is 9.90 Å². The van der Waals surface area contributed by atoms with Crippen LogP contribution in [0.5, 0.6) is 0 Å². The smallest absolute Gasteiger partial charge is 0.0960 e. The number of halogens is 3. The Hall–Kier alpha value is -0.210. The van der Waals surface area contributed by atoms with Crippen LogP contribution in [0.15, 0.2) is 30.3 Å². The number of aryl methyl sites for hydroxylation is 1. The number of hydrogen-bond donors (Lipinski definition) is 0. The third-order valence-corrected chi connectivity index (χ3v) is 5.10. The zero-order valence-corrected chi connectivity index (χ0v) is 12.3. The molecule has 0 radical (unpaired) electrons. The van der Waals surface area contributed by atoms with Gasteiger partial charge in [0.25, 0.3) is 0 Å². The van der Waals surface area contributed by atoms with Crippen molar-refractivity contribution in [1.29, 1.82) is 0 Å². The molecular weight excluding hydrogens is 295 g/mol. The Labute approximate surface area is 120 Å². The molecule has 1 atom stereocenters. The fourth-order valence-corrected chi connectivity index (χ4v) is 3.37. The molecule has 0 bridgehead atoms. The van der Waals surface area contributed by atoms with Gasteiger partial charge in [-0.15, -0.1) is 22.9 Å². The van der Waals surface area contributed by atoms with Gasteiger partial charge in [0.2, 0.25) is 0 Å². The highest BCUT2D eigenvalue weighted by atomic mass is 35.5. The summed E-state index contributed by atoms with van der Waals surface area (Å²) in [7, 11) is 0. The van der Waals surface area contributed by atoms with Crippen molar-refractivity contribution < 1.29 is 0 Å². The molecule has 0 nitrogen and oxygen atoms in total. The average molecular weight is 306 g/mol. The maximum Gasteiger partial charge on any atom is 0.0960 e. The van der Waals surface area contributed by atoms with Gasteiger partial charge in [-0.25, -0.2) is 0 Å². The largest absolute Gasteiger partial charge is 0.127 e. The Morgan fingerprint density at radius 1 is 1.24 bits per heavy atom. The van der Waals surface area contributed by atoms with Crippen molar-refractivity contribution in [2.24, 2.45) is 0 Å². The zero-order chi connectivity index (χ0) is 12.4. The van der Waals surface area contributed by atoms with Gasteiger partial charge in [0.05, 0.1) is 9.71 Å². The molecule has 17 heavy (non-hydrogen) atoms. The Bertz CT molecular complexity index is 500. The van der Waals surface area contributed by atoms with Crippen LogP contribution in [0.1, 0.15) is 21.4 Å². The molecule has 0 aliphatic heterocycles. The second-order valence-corrected chi connectivity index (χ2v) is 6.49. The fourth-order valence-electron chi connectivity index (χ4n) is 1.60. The molecule has 0 saturated carbocycles. The summed E-state index contributed by atoms with van der Waals surface area (Å²) in [4.78, 5) is 1.09. The summed E-state index contributed by atoms with van der Waals surface area (Å²) in [6, 6.07) is 9.81. The van der Waals surface area contributed by atoms with E-state index in [1.165, 1.54) is 11.3 Å². The van der Waals surface area contributed by atoms with E-state index in [0.717, 1.165) is 31.8 Å². The molecule has 0 spiro atoms. The lowest BCUT2D eigenvalue weighted by molar-refractivity contribution is 0.939. The lowest BCUT2D eigenvalue weighted by Gasteiger charge is -2.08. The molecule has 0 aliphatic carbocycles. The molecule has 1 unspecified atom stereocenters. The van der Waals surface area contributed by atoms with Gasteiger partial charge in [-0.05, 0) is 36.6 Å². The summed E-state index contributed by atoms with van der Waals surface area (Å²) in [5, 5.41) is 0.684. The van der Waals surface area contributed by atoms with E-state index in [1.54, 1.807) is 0 Å². The summed E-state index contributed by atoms with van der Waals surface area (Å²) < 4.78 is 0.810. The van der Waals surface area contributed by atoms with E-state index < -0.39 is 0 Å². The van der Waals surface area contributed by atoms with Gasteiger partial charge in [-0.2, -0.15) is 0 Å². The van der Waals surface area contributed by atoms with Crippen molar-refractivity contribution in [1.82, 2.24) is 0 Å². The van der Waals surface area contributed by atoms with Crippen LogP contribution < -0.4 is 0 Å². The van der Waals surface area contributed by atoms with Crippen molar-refractivity contribution in [3.8, 4) is 0 Å². The Balaban J connectivity index is 2.17.